The van der Waals surface area contributed by atoms with Gasteiger partial charge in [-0.15, -0.1) is 0 Å². The van der Waals surface area contributed by atoms with Gasteiger partial charge >= 0.3 is 17.4 Å². The van der Waals surface area contributed by atoms with Crippen molar-refractivity contribution in [3.05, 3.63) is 52.5 Å². The number of carbonyl (C=O) groups excluding carboxylic acids is 1. The highest BCUT2D eigenvalue weighted by molar-refractivity contribution is 5.87. The molecular formula is C19H21N5O4. The second-order valence-electron chi connectivity index (χ2n) is 6.60. The highest BCUT2D eigenvalue weighted by Crippen LogP contribution is 2.25. The molecule has 0 aliphatic heterocycles. The molecule has 0 spiro atoms. The van der Waals surface area contributed by atoms with Gasteiger partial charge in [-0.05, 0) is 44.5 Å². The summed E-state index contributed by atoms with van der Waals surface area (Å²) in [5.41, 5.74) is 2.19. The number of benzene rings is 1. The molecule has 9 nitrogen and oxygen atoms in total. The van der Waals surface area contributed by atoms with E-state index in [1.807, 2.05) is 6.92 Å². The molecule has 1 N–H and O–H groups in total. The van der Waals surface area contributed by atoms with E-state index in [2.05, 4.69) is 15.4 Å². The number of aromatic nitrogens is 4. The standard InChI is InChI=1S/C19H21N5O4/c1-12(2)28-17(25)7-9-21-19-22-24(27)16-11-13(3)10-14(18(16)23(19)26)15-6-4-5-8-20-15/h4-6,8,10-12H,7,9H2,1-3H3,(H,21,22). The molecule has 0 fully saturated rings. The number of anilines is 1. The van der Waals surface area contributed by atoms with Crippen molar-refractivity contribution in [1.82, 2.24) is 10.1 Å². The quantitative estimate of drug-likeness (QED) is 0.390. The number of rotatable bonds is 6. The van der Waals surface area contributed by atoms with Crippen LogP contribution in [0.3, 0.4) is 0 Å². The molecule has 9 heteroatoms. The van der Waals surface area contributed by atoms with Crippen molar-refractivity contribution in [2.75, 3.05) is 11.9 Å². The van der Waals surface area contributed by atoms with Crippen LogP contribution in [-0.2, 0) is 9.53 Å². The third-order valence-corrected chi connectivity index (χ3v) is 3.94. The van der Waals surface area contributed by atoms with Crippen LogP contribution in [-0.4, -0.2) is 28.7 Å². The number of nitrogens with one attached hydrogen (secondary N) is 1. The van der Waals surface area contributed by atoms with E-state index in [0.29, 0.717) is 20.8 Å². The molecule has 2 aromatic heterocycles. The van der Waals surface area contributed by atoms with Gasteiger partial charge in [-0.1, -0.05) is 6.07 Å². The van der Waals surface area contributed by atoms with Crippen LogP contribution in [0.2, 0.25) is 0 Å². The van der Waals surface area contributed by atoms with Crippen LogP contribution in [0.1, 0.15) is 25.8 Å². The molecule has 28 heavy (non-hydrogen) atoms. The minimum atomic E-state index is -0.402. The van der Waals surface area contributed by atoms with E-state index in [-0.39, 0.29) is 36.1 Å². The van der Waals surface area contributed by atoms with Gasteiger partial charge in [-0.25, -0.2) is 4.73 Å². The Morgan fingerprint density at radius 1 is 1.29 bits per heavy atom. The predicted octanol–water partition coefficient (Wildman–Crippen LogP) is 1.63. The monoisotopic (exact) mass is 383 g/mol. The molecule has 3 rings (SSSR count). The smallest absolute Gasteiger partial charge is 0.461 e. The Bertz CT molecular complexity index is 1010. The minimum absolute atomic E-state index is 0.0394. The summed E-state index contributed by atoms with van der Waals surface area (Å²) in [6.45, 7) is 5.44. The Hall–Kier alpha value is -3.49. The zero-order valence-corrected chi connectivity index (χ0v) is 15.9. The number of hydrogen-bond acceptors (Lipinski definition) is 7. The Labute approximate surface area is 161 Å². The zero-order valence-electron chi connectivity index (χ0n) is 15.9. The van der Waals surface area contributed by atoms with Gasteiger partial charge in [0.2, 0.25) is 5.10 Å². The van der Waals surface area contributed by atoms with Crippen LogP contribution < -0.4 is 14.9 Å². The second kappa shape index (κ2) is 8.03. The lowest BCUT2D eigenvalue weighted by Gasteiger charge is -2.13. The van der Waals surface area contributed by atoms with Gasteiger partial charge in [0.25, 0.3) is 0 Å². The molecule has 0 aliphatic rings. The fraction of sp³-hybridized carbons (Fsp3) is 0.316. The van der Waals surface area contributed by atoms with Gasteiger partial charge in [0.1, 0.15) is 0 Å². The molecule has 0 atom stereocenters. The van der Waals surface area contributed by atoms with E-state index < -0.39 is 5.97 Å². The molecule has 0 saturated carbocycles. The van der Waals surface area contributed by atoms with Crippen molar-refractivity contribution >= 4 is 23.0 Å². The Morgan fingerprint density at radius 2 is 2.07 bits per heavy atom. The highest BCUT2D eigenvalue weighted by Gasteiger charge is 2.24. The van der Waals surface area contributed by atoms with Crippen LogP contribution in [0.25, 0.3) is 22.3 Å². The molecule has 0 aliphatic carbocycles. The normalized spacial score (nSPS) is 11.0. The van der Waals surface area contributed by atoms with Crippen molar-refractivity contribution in [3.8, 4) is 11.3 Å². The maximum Gasteiger partial charge on any atom is 0.461 e. The lowest BCUT2D eigenvalue weighted by molar-refractivity contribution is -0.672. The van der Waals surface area contributed by atoms with E-state index in [9.17, 15) is 15.2 Å². The van der Waals surface area contributed by atoms with E-state index in [4.69, 9.17) is 4.74 Å². The maximum absolute atomic E-state index is 12.9. The first-order valence-electron chi connectivity index (χ1n) is 8.89. The summed E-state index contributed by atoms with van der Waals surface area (Å²) in [5, 5.41) is 31.9. The molecule has 146 valence electrons. The average Bonchev–Trinajstić information content (AvgIpc) is 2.65. The van der Waals surface area contributed by atoms with Crippen molar-refractivity contribution < 1.29 is 19.1 Å². The summed E-state index contributed by atoms with van der Waals surface area (Å²) >= 11 is 0. The zero-order chi connectivity index (χ0) is 20.3. The number of carbonyl (C=O) groups is 1. The highest BCUT2D eigenvalue weighted by atomic mass is 16.5. The molecule has 0 saturated heterocycles. The number of fused-ring (bicyclic) bond motifs is 1. The Kier molecular flexibility index (Phi) is 5.53. The number of pyridine rings is 1. The number of esters is 1. The molecule has 0 amide bonds. The van der Waals surface area contributed by atoms with Crippen LogP contribution in [0.5, 0.6) is 0 Å². The summed E-state index contributed by atoms with van der Waals surface area (Å²) in [7, 11) is 0. The summed E-state index contributed by atoms with van der Waals surface area (Å²) in [5.74, 6) is -0.596. The summed E-state index contributed by atoms with van der Waals surface area (Å²) in [6, 6.07) is 8.73. The summed E-state index contributed by atoms with van der Waals surface area (Å²) in [6.07, 6.45) is 1.44. The van der Waals surface area contributed by atoms with Crippen LogP contribution in [0, 0.1) is 17.3 Å². The summed E-state index contributed by atoms with van der Waals surface area (Å²) < 4.78 is 5.60. The van der Waals surface area contributed by atoms with Gasteiger partial charge in [0.05, 0.1) is 24.8 Å². The molecule has 0 bridgehead atoms. The number of aryl methyl sites for hydroxylation is 1. The molecule has 1 aromatic carbocycles. The molecular weight excluding hydrogens is 362 g/mol. The van der Waals surface area contributed by atoms with Gasteiger partial charge in [0.15, 0.2) is 5.52 Å². The van der Waals surface area contributed by atoms with Crippen molar-refractivity contribution in [2.24, 2.45) is 0 Å². The Balaban J connectivity index is 1.99. The largest absolute Gasteiger partial charge is 0.739 e. The van der Waals surface area contributed by atoms with Gasteiger partial charge < -0.3 is 15.2 Å². The second-order valence-corrected chi connectivity index (χ2v) is 6.60. The first kappa shape index (κ1) is 19.3. The fourth-order valence-corrected chi connectivity index (χ4v) is 2.83. The van der Waals surface area contributed by atoms with E-state index in [1.54, 1.807) is 50.4 Å². The maximum atomic E-state index is 12.9. The van der Waals surface area contributed by atoms with Gasteiger partial charge in [-0.2, -0.15) is 0 Å². The third-order valence-electron chi connectivity index (χ3n) is 3.94. The van der Waals surface area contributed by atoms with Gasteiger partial charge in [0, 0.05) is 22.7 Å². The number of hydrogen-bond donors (Lipinski definition) is 1. The molecule has 3 aromatic rings. The van der Waals surface area contributed by atoms with Gasteiger partial charge in [-0.3, -0.25) is 15.1 Å². The van der Waals surface area contributed by atoms with Crippen LogP contribution in [0.15, 0.2) is 36.5 Å². The molecule has 2 heterocycles. The Morgan fingerprint density at radius 3 is 2.75 bits per heavy atom. The van der Waals surface area contributed by atoms with Crippen molar-refractivity contribution in [2.45, 2.75) is 33.3 Å². The third kappa shape index (κ3) is 4.08. The fourth-order valence-electron chi connectivity index (χ4n) is 2.83. The first-order chi connectivity index (χ1) is 13.4. The lowest BCUT2D eigenvalue weighted by atomic mass is 10.1. The predicted molar refractivity (Wildman–Crippen MR) is 102 cm³/mol. The first-order valence-corrected chi connectivity index (χ1v) is 8.89. The van der Waals surface area contributed by atoms with E-state index in [0.717, 1.165) is 5.56 Å². The van der Waals surface area contributed by atoms with E-state index in [1.165, 1.54) is 0 Å². The lowest BCUT2D eigenvalue weighted by Crippen LogP contribution is -2.44. The number of nitrogens with zero attached hydrogens (tertiary/aromatic N) is 4. The SMILES string of the molecule is Cc1cc(-c2ccccn2)c2c(c1)[n+]([O-])nc(NCCC(=O)OC(C)C)[n+]2[O-]. The van der Waals surface area contributed by atoms with Crippen LogP contribution in [0.4, 0.5) is 5.95 Å². The molecule has 0 radical (unpaired) electrons. The van der Waals surface area contributed by atoms with Crippen molar-refractivity contribution in [1.29, 1.82) is 0 Å². The number of ether oxygens (including phenoxy) is 1. The van der Waals surface area contributed by atoms with Crippen LogP contribution >= 0.6 is 0 Å². The minimum Gasteiger partial charge on any atom is -0.739 e. The summed E-state index contributed by atoms with van der Waals surface area (Å²) in [4.78, 5) is 16.3. The topological polar surface area (TPSA) is 118 Å². The van der Waals surface area contributed by atoms with Crippen molar-refractivity contribution in [3.63, 3.8) is 0 Å². The van der Waals surface area contributed by atoms with E-state index >= 15 is 0 Å². The molecule has 0 unspecified atom stereocenters. The average molecular weight is 383 g/mol.